The molecule has 2 amide bonds. The van der Waals surface area contributed by atoms with Crippen molar-refractivity contribution in [2.75, 3.05) is 13.2 Å². The summed E-state index contributed by atoms with van der Waals surface area (Å²) >= 11 is 0. The van der Waals surface area contributed by atoms with Crippen LogP contribution < -0.4 is 10.6 Å². The van der Waals surface area contributed by atoms with Crippen LogP contribution in [0.25, 0.3) is 0 Å². The highest BCUT2D eigenvalue weighted by atomic mass is 16.3. The Hall–Kier alpha value is -1.63. The number of fused-ring (bicyclic) bond motifs is 1. The number of carbonyl (C=O) groups excluding carboxylic acids is 1. The predicted molar refractivity (Wildman–Crippen MR) is 87.9 cm³/mol. The van der Waals surface area contributed by atoms with Gasteiger partial charge >= 0.3 is 6.03 Å². The van der Waals surface area contributed by atoms with Crippen molar-refractivity contribution in [3.63, 3.8) is 0 Å². The highest BCUT2D eigenvalue weighted by molar-refractivity contribution is 5.73. The van der Waals surface area contributed by atoms with Gasteiger partial charge in [0.05, 0.1) is 6.54 Å². The van der Waals surface area contributed by atoms with Crippen molar-refractivity contribution in [2.24, 2.45) is 5.92 Å². The SMILES string of the molecule is CCCC(CCO)CNC(=O)NCc1nnc2n1CCCCC2. The van der Waals surface area contributed by atoms with Gasteiger partial charge in [0.1, 0.15) is 5.82 Å². The lowest BCUT2D eigenvalue weighted by molar-refractivity contribution is 0.228. The summed E-state index contributed by atoms with van der Waals surface area (Å²) in [4.78, 5) is 11.9. The van der Waals surface area contributed by atoms with Gasteiger partial charge < -0.3 is 20.3 Å². The third kappa shape index (κ3) is 5.49. The van der Waals surface area contributed by atoms with Gasteiger partial charge in [-0.3, -0.25) is 0 Å². The fourth-order valence-electron chi connectivity index (χ4n) is 3.07. The molecule has 0 radical (unpaired) electrons. The number of urea groups is 1. The van der Waals surface area contributed by atoms with E-state index in [4.69, 9.17) is 5.11 Å². The van der Waals surface area contributed by atoms with E-state index in [1.165, 1.54) is 6.42 Å². The lowest BCUT2D eigenvalue weighted by atomic mass is 10.0. The number of aryl methyl sites for hydroxylation is 1. The number of hydrogen-bond donors (Lipinski definition) is 3. The van der Waals surface area contributed by atoms with Gasteiger partial charge in [0.25, 0.3) is 0 Å². The minimum absolute atomic E-state index is 0.167. The topological polar surface area (TPSA) is 92.1 Å². The normalized spacial score (nSPS) is 15.6. The third-order valence-electron chi connectivity index (χ3n) is 4.38. The van der Waals surface area contributed by atoms with Crippen LogP contribution in [0.4, 0.5) is 4.79 Å². The highest BCUT2D eigenvalue weighted by Gasteiger charge is 2.15. The number of amides is 2. The lowest BCUT2D eigenvalue weighted by Crippen LogP contribution is -2.38. The Balaban J connectivity index is 1.77. The number of aromatic nitrogens is 3. The molecule has 2 rings (SSSR count). The van der Waals surface area contributed by atoms with E-state index in [2.05, 4.69) is 32.3 Å². The van der Waals surface area contributed by atoms with Gasteiger partial charge in [0, 0.05) is 26.1 Å². The van der Waals surface area contributed by atoms with Crippen molar-refractivity contribution < 1.29 is 9.90 Å². The molecule has 23 heavy (non-hydrogen) atoms. The predicted octanol–water partition coefficient (Wildman–Crippen LogP) is 1.60. The summed E-state index contributed by atoms with van der Waals surface area (Å²) in [5.41, 5.74) is 0. The fraction of sp³-hybridized carbons (Fsp3) is 0.812. The van der Waals surface area contributed by atoms with E-state index < -0.39 is 0 Å². The summed E-state index contributed by atoms with van der Waals surface area (Å²) < 4.78 is 2.14. The van der Waals surface area contributed by atoms with Crippen LogP contribution in [0.3, 0.4) is 0 Å². The van der Waals surface area contributed by atoms with E-state index >= 15 is 0 Å². The van der Waals surface area contributed by atoms with Crippen LogP contribution in [-0.4, -0.2) is 39.1 Å². The summed E-state index contributed by atoms with van der Waals surface area (Å²) in [6, 6.07) is -0.185. The Kier molecular flexibility index (Phi) is 7.32. The second-order valence-electron chi connectivity index (χ2n) is 6.23. The first-order valence-electron chi connectivity index (χ1n) is 8.78. The first-order chi connectivity index (χ1) is 11.2. The van der Waals surface area contributed by atoms with Crippen molar-refractivity contribution in [1.29, 1.82) is 0 Å². The van der Waals surface area contributed by atoms with Crippen molar-refractivity contribution in [2.45, 2.75) is 65.0 Å². The molecule has 0 bridgehead atoms. The summed E-state index contributed by atoms with van der Waals surface area (Å²) in [6.07, 6.45) is 7.30. The number of rotatable bonds is 8. The zero-order valence-corrected chi connectivity index (χ0v) is 14.1. The smallest absolute Gasteiger partial charge is 0.315 e. The second kappa shape index (κ2) is 9.50. The average molecular weight is 323 g/mol. The maximum Gasteiger partial charge on any atom is 0.315 e. The van der Waals surface area contributed by atoms with Gasteiger partial charge in [-0.05, 0) is 31.6 Å². The summed E-state index contributed by atoms with van der Waals surface area (Å²) in [6.45, 7) is 4.22. The molecule has 0 aliphatic carbocycles. The quantitative estimate of drug-likeness (QED) is 0.677. The van der Waals surface area contributed by atoms with Crippen LogP contribution in [0.15, 0.2) is 0 Å². The molecular formula is C16H29N5O2. The minimum atomic E-state index is -0.185. The van der Waals surface area contributed by atoms with Crippen LogP contribution in [0.1, 0.15) is 57.1 Å². The van der Waals surface area contributed by atoms with Crippen molar-refractivity contribution in [3.05, 3.63) is 11.6 Å². The van der Waals surface area contributed by atoms with Gasteiger partial charge in [0.2, 0.25) is 0 Å². The first kappa shape index (κ1) is 17.7. The zero-order valence-electron chi connectivity index (χ0n) is 14.1. The monoisotopic (exact) mass is 323 g/mol. The molecule has 130 valence electrons. The number of hydrogen-bond acceptors (Lipinski definition) is 4. The molecule has 0 saturated carbocycles. The van der Waals surface area contributed by atoms with Gasteiger partial charge in [-0.15, -0.1) is 10.2 Å². The van der Waals surface area contributed by atoms with Crippen LogP contribution >= 0.6 is 0 Å². The van der Waals surface area contributed by atoms with Gasteiger partial charge in [-0.25, -0.2) is 4.79 Å². The molecule has 1 aliphatic rings. The highest BCUT2D eigenvalue weighted by Crippen LogP contribution is 2.14. The zero-order chi connectivity index (χ0) is 16.5. The number of aliphatic hydroxyl groups excluding tert-OH is 1. The first-order valence-corrected chi connectivity index (χ1v) is 8.78. The van der Waals surface area contributed by atoms with E-state index in [0.29, 0.717) is 19.0 Å². The van der Waals surface area contributed by atoms with Crippen molar-refractivity contribution in [3.8, 4) is 0 Å². The molecule has 7 heteroatoms. The van der Waals surface area contributed by atoms with Gasteiger partial charge in [0.15, 0.2) is 5.82 Å². The third-order valence-corrected chi connectivity index (χ3v) is 4.38. The molecule has 0 fully saturated rings. The van der Waals surface area contributed by atoms with Crippen LogP contribution in [0.2, 0.25) is 0 Å². The molecule has 1 aromatic heterocycles. The molecule has 0 spiro atoms. The molecule has 7 nitrogen and oxygen atoms in total. The van der Waals surface area contributed by atoms with Crippen molar-refractivity contribution in [1.82, 2.24) is 25.4 Å². The van der Waals surface area contributed by atoms with E-state index in [-0.39, 0.29) is 12.6 Å². The molecule has 1 aromatic rings. The maximum absolute atomic E-state index is 11.9. The van der Waals surface area contributed by atoms with E-state index in [9.17, 15) is 4.79 Å². The average Bonchev–Trinajstić information content (AvgIpc) is 2.78. The van der Waals surface area contributed by atoms with Gasteiger partial charge in [-0.1, -0.05) is 19.8 Å². The Labute approximate surface area is 137 Å². The number of nitrogens with zero attached hydrogens (tertiary/aromatic N) is 3. The minimum Gasteiger partial charge on any atom is -0.396 e. The Morgan fingerprint density at radius 2 is 2.13 bits per heavy atom. The molecule has 1 aliphatic heterocycles. The number of carbonyl (C=O) groups is 1. The number of aliphatic hydroxyl groups is 1. The largest absolute Gasteiger partial charge is 0.396 e. The standard InChI is InChI=1S/C16H29N5O2/c1-2-6-13(8-10-22)11-17-16(23)18-12-15-20-19-14-7-4-3-5-9-21(14)15/h13,22H,2-12H2,1H3,(H2,17,18,23). The number of nitrogens with one attached hydrogen (secondary N) is 2. The van der Waals surface area contributed by atoms with Gasteiger partial charge in [-0.2, -0.15) is 0 Å². The van der Waals surface area contributed by atoms with Crippen LogP contribution in [0.5, 0.6) is 0 Å². The van der Waals surface area contributed by atoms with Crippen LogP contribution in [0, 0.1) is 5.92 Å². The fourth-order valence-corrected chi connectivity index (χ4v) is 3.07. The van der Waals surface area contributed by atoms with Crippen LogP contribution in [-0.2, 0) is 19.5 Å². The molecule has 3 N–H and O–H groups in total. The Bertz CT molecular complexity index is 483. The molecule has 2 heterocycles. The maximum atomic E-state index is 11.9. The molecule has 1 atom stereocenters. The molecular weight excluding hydrogens is 294 g/mol. The lowest BCUT2D eigenvalue weighted by Gasteiger charge is -2.16. The summed E-state index contributed by atoms with van der Waals surface area (Å²) in [5, 5.41) is 23.2. The van der Waals surface area contributed by atoms with E-state index in [0.717, 1.165) is 56.7 Å². The second-order valence-corrected chi connectivity index (χ2v) is 6.23. The summed E-state index contributed by atoms with van der Waals surface area (Å²) in [5.74, 6) is 2.20. The molecule has 1 unspecified atom stereocenters. The Morgan fingerprint density at radius 3 is 2.91 bits per heavy atom. The summed E-state index contributed by atoms with van der Waals surface area (Å²) in [7, 11) is 0. The van der Waals surface area contributed by atoms with E-state index in [1.807, 2.05) is 0 Å². The molecule has 0 aromatic carbocycles. The molecule has 0 saturated heterocycles. The Morgan fingerprint density at radius 1 is 1.26 bits per heavy atom. The van der Waals surface area contributed by atoms with Crippen molar-refractivity contribution >= 4 is 6.03 Å². The van der Waals surface area contributed by atoms with E-state index in [1.54, 1.807) is 0 Å².